The van der Waals surface area contributed by atoms with Gasteiger partial charge in [-0.25, -0.2) is 2.95 Å². The van der Waals surface area contributed by atoms with Crippen LogP contribution in [-0.2, 0) is 0 Å². The first-order valence-corrected chi connectivity index (χ1v) is 5.29. The van der Waals surface area contributed by atoms with Crippen LogP contribution in [-0.4, -0.2) is 4.92 Å². The van der Waals surface area contributed by atoms with Crippen molar-refractivity contribution >= 4 is 59.6 Å². The molecule has 0 bridgehead atoms. The van der Waals surface area contributed by atoms with E-state index in [0.29, 0.717) is 10.2 Å². The van der Waals surface area contributed by atoms with E-state index in [1.54, 1.807) is 12.1 Å². The van der Waals surface area contributed by atoms with E-state index in [-0.39, 0.29) is 5.69 Å². The minimum Gasteiger partial charge on any atom is -0.258 e. The summed E-state index contributed by atoms with van der Waals surface area (Å²) in [7, 11) is 0. The lowest BCUT2D eigenvalue weighted by atomic mass is 10.3. The zero-order chi connectivity index (χ0) is 10.0. The molecule has 0 saturated heterocycles. The highest BCUT2D eigenvalue weighted by molar-refractivity contribution is 9.25. The maximum absolute atomic E-state index is 10.5. The van der Waals surface area contributed by atoms with Crippen molar-refractivity contribution in [2.24, 2.45) is 0 Å². The van der Waals surface area contributed by atoms with Crippen LogP contribution < -0.4 is 2.95 Å². The molecule has 0 spiro atoms. The monoisotopic (exact) mass is 372 g/mol. The van der Waals surface area contributed by atoms with Crippen molar-refractivity contribution in [1.82, 2.24) is 0 Å². The topological polar surface area (TPSA) is 46.4 Å². The van der Waals surface area contributed by atoms with Gasteiger partial charge in [0, 0.05) is 6.07 Å². The Labute approximate surface area is 99.9 Å². The van der Waals surface area contributed by atoms with Crippen molar-refractivity contribution in [3.63, 3.8) is 0 Å². The van der Waals surface area contributed by atoms with Crippen molar-refractivity contribution in [3.8, 4) is 0 Å². The second-order valence-electron chi connectivity index (χ2n) is 2.10. The van der Waals surface area contributed by atoms with Crippen LogP contribution in [0.2, 0.25) is 0 Å². The van der Waals surface area contributed by atoms with Gasteiger partial charge >= 0.3 is 0 Å². The number of benzene rings is 1. The van der Waals surface area contributed by atoms with Gasteiger partial charge in [0.1, 0.15) is 4.47 Å². The van der Waals surface area contributed by atoms with Crippen LogP contribution in [0, 0.1) is 10.1 Å². The zero-order valence-electron chi connectivity index (χ0n) is 6.08. The normalized spacial score (nSPS) is 9.77. The summed E-state index contributed by atoms with van der Waals surface area (Å²) < 4.78 is 1.87. The first-order chi connectivity index (χ1) is 6.04. The maximum atomic E-state index is 10.5. The molecular weight excluding hydrogens is 372 g/mol. The van der Waals surface area contributed by atoms with Crippen LogP contribution in [0.4, 0.5) is 11.4 Å². The Morgan fingerprint density at radius 3 is 2.46 bits per heavy atom. The van der Waals surface area contributed by atoms with Crippen LogP contribution in [0.25, 0.3) is 0 Å². The molecule has 13 heavy (non-hydrogen) atoms. The fourth-order valence-corrected chi connectivity index (χ4v) is 2.43. The van der Waals surface area contributed by atoms with Crippen molar-refractivity contribution < 1.29 is 4.92 Å². The first kappa shape index (κ1) is 10.9. The summed E-state index contributed by atoms with van der Waals surface area (Å²) in [5.41, 5.74) is 0.663. The van der Waals surface area contributed by atoms with E-state index in [2.05, 4.69) is 48.2 Å². The minimum atomic E-state index is -0.447. The number of hydrogen-bond donors (Lipinski definition) is 0. The molecule has 1 aromatic carbocycles. The Hall–Kier alpha value is -0.140. The molecule has 0 N–H and O–H groups in total. The Bertz CT molecular complexity index is 343. The van der Waals surface area contributed by atoms with Crippen LogP contribution in [0.3, 0.4) is 0 Å². The second kappa shape index (κ2) is 4.39. The molecule has 0 saturated carbocycles. The highest BCUT2D eigenvalue weighted by Gasteiger charge is 2.16. The number of nitrogens with zero attached hydrogens (tertiary/aromatic N) is 2. The number of halogens is 3. The van der Waals surface area contributed by atoms with E-state index in [4.69, 9.17) is 0 Å². The Morgan fingerprint density at radius 2 is 2.00 bits per heavy atom. The molecule has 7 heteroatoms. The van der Waals surface area contributed by atoms with Gasteiger partial charge in [0.2, 0.25) is 0 Å². The summed E-state index contributed by atoms with van der Waals surface area (Å²) in [6.07, 6.45) is 0. The molecule has 1 rings (SSSR count). The smallest absolute Gasteiger partial charge is 0.258 e. The predicted octanol–water partition coefficient (Wildman–Crippen LogP) is 3.78. The van der Waals surface area contributed by atoms with Gasteiger partial charge in [-0.1, -0.05) is 6.07 Å². The third-order valence-electron chi connectivity index (χ3n) is 1.34. The number of nitro groups is 1. The van der Waals surface area contributed by atoms with E-state index in [1.165, 1.54) is 9.02 Å². The van der Waals surface area contributed by atoms with Gasteiger partial charge in [-0.05, 0) is 22.0 Å². The molecule has 0 heterocycles. The zero-order valence-corrected chi connectivity index (χ0v) is 10.8. The molecule has 0 aliphatic heterocycles. The van der Waals surface area contributed by atoms with Crippen LogP contribution in [0.15, 0.2) is 22.7 Å². The van der Waals surface area contributed by atoms with E-state index >= 15 is 0 Å². The van der Waals surface area contributed by atoms with Gasteiger partial charge in [0.05, 0.1) is 42.9 Å². The first-order valence-electron chi connectivity index (χ1n) is 3.08. The third kappa shape index (κ3) is 2.41. The molecule has 0 aliphatic rings. The third-order valence-corrected chi connectivity index (χ3v) is 2.91. The highest BCUT2D eigenvalue weighted by Crippen LogP contribution is 2.37. The molecule has 0 fully saturated rings. The van der Waals surface area contributed by atoms with E-state index in [0.717, 1.165) is 0 Å². The second-order valence-corrected chi connectivity index (χ2v) is 5.26. The fraction of sp³-hybridized carbons (Fsp3) is 0. The standard InChI is InChI=1S/C6H3Br3N2O2/c7-6-4(10(8)9)2-1-3-5(6)11(12)13/h1-3H. The molecule has 0 amide bonds. The van der Waals surface area contributed by atoms with Crippen LogP contribution in [0.5, 0.6) is 0 Å². The van der Waals surface area contributed by atoms with Crippen molar-refractivity contribution in [2.75, 3.05) is 2.95 Å². The van der Waals surface area contributed by atoms with Crippen molar-refractivity contribution in [3.05, 3.63) is 32.8 Å². The lowest BCUT2D eigenvalue weighted by Gasteiger charge is -2.08. The number of hydrogen-bond acceptors (Lipinski definition) is 3. The van der Waals surface area contributed by atoms with Crippen molar-refractivity contribution in [2.45, 2.75) is 0 Å². The van der Waals surface area contributed by atoms with Gasteiger partial charge in [0.25, 0.3) is 5.69 Å². The molecule has 0 atom stereocenters. The molecular formula is C6H3Br3N2O2. The fourth-order valence-electron chi connectivity index (χ4n) is 0.779. The number of anilines is 1. The maximum Gasteiger partial charge on any atom is 0.285 e. The van der Waals surface area contributed by atoms with Crippen LogP contribution in [0.1, 0.15) is 0 Å². The predicted molar refractivity (Wildman–Crippen MR) is 61.1 cm³/mol. The van der Waals surface area contributed by atoms with Gasteiger partial charge < -0.3 is 0 Å². The molecule has 1 aromatic rings. The summed E-state index contributed by atoms with van der Waals surface area (Å²) in [6, 6.07) is 4.76. The Kier molecular flexibility index (Phi) is 3.69. The molecule has 0 aliphatic carbocycles. The average Bonchev–Trinajstić information content (AvgIpc) is 2.03. The Morgan fingerprint density at radius 1 is 1.38 bits per heavy atom. The minimum absolute atomic E-state index is 0.0291. The quantitative estimate of drug-likeness (QED) is 0.449. The average molecular weight is 375 g/mol. The SMILES string of the molecule is O=[N+]([O-])c1cccc(N(Br)Br)c1Br. The van der Waals surface area contributed by atoms with E-state index in [9.17, 15) is 10.1 Å². The summed E-state index contributed by atoms with van der Waals surface area (Å²) in [5, 5.41) is 10.5. The van der Waals surface area contributed by atoms with Gasteiger partial charge in [-0.3, -0.25) is 10.1 Å². The van der Waals surface area contributed by atoms with Gasteiger partial charge in [-0.2, -0.15) is 0 Å². The summed E-state index contributed by atoms with van der Waals surface area (Å²) in [4.78, 5) is 10.1. The summed E-state index contributed by atoms with van der Waals surface area (Å²) in [5.74, 6) is 0. The Balaban J connectivity index is 3.26. The molecule has 4 nitrogen and oxygen atoms in total. The van der Waals surface area contributed by atoms with E-state index < -0.39 is 4.92 Å². The highest BCUT2D eigenvalue weighted by atomic mass is 79.9. The van der Waals surface area contributed by atoms with Gasteiger partial charge in [-0.15, -0.1) is 0 Å². The molecule has 0 unspecified atom stereocenters. The van der Waals surface area contributed by atoms with Crippen molar-refractivity contribution in [1.29, 1.82) is 0 Å². The molecule has 70 valence electrons. The molecule has 0 aromatic heterocycles. The largest absolute Gasteiger partial charge is 0.285 e. The summed E-state index contributed by atoms with van der Waals surface area (Å²) in [6.45, 7) is 0. The summed E-state index contributed by atoms with van der Waals surface area (Å²) >= 11 is 9.37. The number of nitro benzene ring substituents is 1. The lowest BCUT2D eigenvalue weighted by molar-refractivity contribution is -0.385. The van der Waals surface area contributed by atoms with E-state index in [1.807, 2.05) is 0 Å². The lowest BCUT2D eigenvalue weighted by Crippen LogP contribution is -1.95. The molecule has 0 radical (unpaired) electrons. The van der Waals surface area contributed by atoms with Crippen LogP contribution >= 0.6 is 48.2 Å². The number of rotatable bonds is 2. The van der Waals surface area contributed by atoms with Gasteiger partial charge in [0.15, 0.2) is 0 Å².